The summed E-state index contributed by atoms with van der Waals surface area (Å²) in [6, 6.07) is 8.11. The highest BCUT2D eigenvalue weighted by Crippen LogP contribution is 2.29. The van der Waals surface area contributed by atoms with Gasteiger partial charge in [0.05, 0.1) is 25.3 Å². The van der Waals surface area contributed by atoms with Crippen LogP contribution in [0.1, 0.15) is 18.5 Å². The van der Waals surface area contributed by atoms with Gasteiger partial charge in [0.1, 0.15) is 5.75 Å². The lowest BCUT2D eigenvalue weighted by molar-refractivity contribution is -0.139. The predicted octanol–water partition coefficient (Wildman–Crippen LogP) is 1.48. The smallest absolute Gasteiger partial charge is 0.338 e. The van der Waals surface area contributed by atoms with Crippen LogP contribution < -0.4 is 20.3 Å². The van der Waals surface area contributed by atoms with Crippen molar-refractivity contribution in [3.05, 3.63) is 59.6 Å². The molecule has 2 aromatic rings. The average molecular weight is 453 g/mol. The van der Waals surface area contributed by atoms with E-state index in [0.29, 0.717) is 29.5 Å². The van der Waals surface area contributed by atoms with Crippen LogP contribution in [0, 0.1) is 0 Å². The molecule has 2 amide bonds. The number of ether oxygens (including phenoxy) is 2. The molecule has 174 valence electrons. The average Bonchev–Trinajstić information content (AvgIpc) is 2.85. The van der Waals surface area contributed by atoms with E-state index in [2.05, 4.69) is 30.4 Å². The molecule has 2 N–H and O–H groups in total. The number of amides is 2. The summed E-state index contributed by atoms with van der Waals surface area (Å²) in [6.07, 6.45) is 3.46. The van der Waals surface area contributed by atoms with E-state index >= 15 is 0 Å². The van der Waals surface area contributed by atoms with Gasteiger partial charge in [0.15, 0.2) is 0 Å². The normalized spacial score (nSPS) is 19.0. The first-order valence-corrected chi connectivity index (χ1v) is 10.9. The summed E-state index contributed by atoms with van der Waals surface area (Å²) in [6.45, 7) is 5.43. The zero-order valence-corrected chi connectivity index (χ0v) is 18.8. The van der Waals surface area contributed by atoms with E-state index in [1.807, 2.05) is 12.1 Å². The SMILES string of the molecule is CCOC(=O)C1=C(CN2CCN(c3ncccn3)CC2)NC(=O)NC1c1ccc(OC)cc1. The van der Waals surface area contributed by atoms with Gasteiger partial charge < -0.3 is 25.0 Å². The minimum atomic E-state index is -0.613. The van der Waals surface area contributed by atoms with Crippen LogP contribution in [-0.2, 0) is 9.53 Å². The van der Waals surface area contributed by atoms with Crippen molar-refractivity contribution >= 4 is 17.9 Å². The molecule has 4 rings (SSSR count). The zero-order chi connectivity index (χ0) is 23.2. The minimum absolute atomic E-state index is 0.245. The molecule has 0 saturated carbocycles. The number of benzene rings is 1. The van der Waals surface area contributed by atoms with Gasteiger partial charge >= 0.3 is 12.0 Å². The second kappa shape index (κ2) is 10.3. The number of carbonyl (C=O) groups is 2. The molecule has 0 radical (unpaired) electrons. The van der Waals surface area contributed by atoms with Crippen molar-refractivity contribution in [2.45, 2.75) is 13.0 Å². The molecule has 0 spiro atoms. The van der Waals surface area contributed by atoms with Crippen molar-refractivity contribution in [3.63, 3.8) is 0 Å². The van der Waals surface area contributed by atoms with Gasteiger partial charge in [0.2, 0.25) is 5.95 Å². The van der Waals surface area contributed by atoms with Crippen LogP contribution in [0.25, 0.3) is 0 Å². The Morgan fingerprint density at radius 2 is 1.82 bits per heavy atom. The maximum Gasteiger partial charge on any atom is 0.338 e. The van der Waals surface area contributed by atoms with Crippen molar-refractivity contribution in [3.8, 4) is 5.75 Å². The number of carbonyl (C=O) groups excluding carboxylic acids is 2. The number of piperazine rings is 1. The van der Waals surface area contributed by atoms with Gasteiger partial charge in [-0.15, -0.1) is 0 Å². The van der Waals surface area contributed by atoms with Crippen LogP contribution in [-0.4, -0.2) is 73.3 Å². The highest BCUT2D eigenvalue weighted by atomic mass is 16.5. The van der Waals surface area contributed by atoms with Crippen molar-refractivity contribution in [1.82, 2.24) is 25.5 Å². The molecule has 2 aliphatic heterocycles. The topological polar surface area (TPSA) is 109 Å². The maximum atomic E-state index is 13.0. The quantitative estimate of drug-likeness (QED) is 0.608. The highest BCUT2D eigenvalue weighted by Gasteiger charge is 2.34. The summed E-state index contributed by atoms with van der Waals surface area (Å²) in [5.74, 6) is 0.955. The fourth-order valence-corrected chi connectivity index (χ4v) is 4.02. The molecule has 1 unspecified atom stereocenters. The predicted molar refractivity (Wildman–Crippen MR) is 122 cm³/mol. The number of anilines is 1. The number of hydrogen-bond donors (Lipinski definition) is 2. The number of nitrogens with zero attached hydrogens (tertiary/aromatic N) is 4. The van der Waals surface area contributed by atoms with E-state index in [4.69, 9.17) is 9.47 Å². The number of nitrogens with one attached hydrogen (secondary N) is 2. The standard InChI is InChI=1S/C23H28N6O4/c1-3-33-21(30)19-18(15-28-11-13-29(14-12-28)22-24-9-4-10-25-22)26-23(31)27-20(19)16-5-7-17(32-2)8-6-16/h4-10,20H,3,11-15H2,1-2H3,(H2,26,27,31). The van der Waals surface area contributed by atoms with Gasteiger partial charge in [0, 0.05) is 50.8 Å². The Labute approximate surface area is 192 Å². The van der Waals surface area contributed by atoms with Crippen molar-refractivity contribution < 1.29 is 19.1 Å². The molecule has 3 heterocycles. The fraction of sp³-hybridized carbons (Fsp3) is 0.391. The van der Waals surface area contributed by atoms with Crippen molar-refractivity contribution in [1.29, 1.82) is 0 Å². The van der Waals surface area contributed by atoms with Crippen LogP contribution in [0.5, 0.6) is 5.75 Å². The Balaban J connectivity index is 1.56. The summed E-state index contributed by atoms with van der Waals surface area (Å²) >= 11 is 0. The summed E-state index contributed by atoms with van der Waals surface area (Å²) in [5, 5.41) is 5.70. The van der Waals surface area contributed by atoms with Crippen LogP contribution >= 0.6 is 0 Å². The lowest BCUT2D eigenvalue weighted by Gasteiger charge is -2.37. The van der Waals surface area contributed by atoms with Crippen molar-refractivity contribution in [2.75, 3.05) is 51.3 Å². The third-order valence-electron chi connectivity index (χ3n) is 5.69. The number of aromatic nitrogens is 2. The Hall–Kier alpha value is -3.66. The molecule has 0 bridgehead atoms. The molecule has 1 aromatic heterocycles. The van der Waals surface area contributed by atoms with E-state index in [-0.39, 0.29) is 12.6 Å². The van der Waals surface area contributed by atoms with Gasteiger partial charge in [0.25, 0.3) is 0 Å². The lowest BCUT2D eigenvalue weighted by Crippen LogP contribution is -2.52. The van der Waals surface area contributed by atoms with Crippen LogP contribution in [0.3, 0.4) is 0 Å². The first-order valence-electron chi connectivity index (χ1n) is 10.9. The van der Waals surface area contributed by atoms with Crippen molar-refractivity contribution in [2.24, 2.45) is 0 Å². The van der Waals surface area contributed by atoms with Gasteiger partial charge in [-0.05, 0) is 30.7 Å². The molecule has 1 atom stereocenters. The number of urea groups is 1. The molecular formula is C23H28N6O4. The third kappa shape index (κ3) is 5.23. The van der Waals surface area contributed by atoms with E-state index in [1.165, 1.54) is 0 Å². The first kappa shape index (κ1) is 22.5. The highest BCUT2D eigenvalue weighted by molar-refractivity contribution is 5.95. The Kier molecular flexibility index (Phi) is 7.04. The van der Waals surface area contributed by atoms with Gasteiger partial charge in [-0.3, -0.25) is 4.90 Å². The maximum absolute atomic E-state index is 13.0. The molecular weight excluding hydrogens is 424 g/mol. The fourth-order valence-electron chi connectivity index (χ4n) is 4.02. The largest absolute Gasteiger partial charge is 0.497 e. The van der Waals surface area contributed by atoms with E-state index in [1.54, 1.807) is 44.6 Å². The van der Waals surface area contributed by atoms with Gasteiger partial charge in [-0.25, -0.2) is 19.6 Å². The Morgan fingerprint density at radius 3 is 2.45 bits per heavy atom. The summed E-state index contributed by atoms with van der Waals surface area (Å²) in [5.41, 5.74) is 1.75. The zero-order valence-electron chi connectivity index (χ0n) is 18.8. The molecule has 1 aromatic carbocycles. The molecule has 1 fully saturated rings. The minimum Gasteiger partial charge on any atom is -0.497 e. The molecule has 33 heavy (non-hydrogen) atoms. The first-order chi connectivity index (χ1) is 16.1. The lowest BCUT2D eigenvalue weighted by atomic mass is 9.94. The number of methoxy groups -OCH3 is 1. The number of esters is 1. The number of rotatable bonds is 7. The second-order valence-corrected chi connectivity index (χ2v) is 7.73. The molecule has 0 aliphatic carbocycles. The van der Waals surface area contributed by atoms with Gasteiger partial charge in [-0.1, -0.05) is 12.1 Å². The van der Waals surface area contributed by atoms with E-state index in [0.717, 1.165) is 31.7 Å². The van der Waals surface area contributed by atoms with Crippen LogP contribution in [0.2, 0.25) is 0 Å². The molecule has 1 saturated heterocycles. The van der Waals surface area contributed by atoms with Gasteiger partial charge in [-0.2, -0.15) is 0 Å². The molecule has 10 nitrogen and oxygen atoms in total. The summed E-state index contributed by atoms with van der Waals surface area (Å²) < 4.78 is 10.6. The summed E-state index contributed by atoms with van der Waals surface area (Å²) in [7, 11) is 1.59. The Morgan fingerprint density at radius 1 is 1.12 bits per heavy atom. The second-order valence-electron chi connectivity index (χ2n) is 7.73. The third-order valence-corrected chi connectivity index (χ3v) is 5.69. The number of hydrogen-bond acceptors (Lipinski definition) is 8. The summed E-state index contributed by atoms with van der Waals surface area (Å²) in [4.78, 5) is 38.4. The molecule has 10 heteroatoms. The molecule has 2 aliphatic rings. The Bertz CT molecular complexity index is 1000. The van der Waals surface area contributed by atoms with Crippen LogP contribution in [0.4, 0.5) is 10.7 Å². The van der Waals surface area contributed by atoms with E-state index < -0.39 is 12.0 Å². The van der Waals surface area contributed by atoms with E-state index in [9.17, 15) is 9.59 Å². The van der Waals surface area contributed by atoms with Crippen LogP contribution in [0.15, 0.2) is 54.0 Å². The monoisotopic (exact) mass is 452 g/mol.